The molecule has 2 atom stereocenters. The van der Waals surface area contributed by atoms with Crippen LogP contribution in [0.4, 0.5) is 10.5 Å². The van der Waals surface area contributed by atoms with Gasteiger partial charge in [0.25, 0.3) is 0 Å². The van der Waals surface area contributed by atoms with Gasteiger partial charge in [-0.15, -0.1) is 11.3 Å². The third-order valence-corrected chi connectivity index (χ3v) is 15.4. The normalized spacial score (nSPS) is 21.2. The van der Waals surface area contributed by atoms with Crippen LogP contribution >= 0.6 is 22.9 Å². The highest BCUT2D eigenvalue weighted by Crippen LogP contribution is 2.47. The number of ether oxygens (including phenoxy) is 1. The Kier molecular flexibility index (Phi) is 8.96. The van der Waals surface area contributed by atoms with Crippen molar-refractivity contribution in [2.45, 2.75) is 110 Å². The maximum absolute atomic E-state index is 13.8. The molecule has 10 heteroatoms. The number of aromatic nitrogens is 1. The number of nitrogens with zero attached hydrogens (tertiary/aromatic N) is 3. The summed E-state index contributed by atoms with van der Waals surface area (Å²) >= 11 is 8.33. The fourth-order valence-corrected chi connectivity index (χ4v) is 8.56. The van der Waals surface area contributed by atoms with Crippen LogP contribution in [0.2, 0.25) is 23.2 Å². The number of rotatable bonds is 6. The Morgan fingerprint density at radius 3 is 2.57 bits per heavy atom. The third-order valence-electron chi connectivity index (χ3n) is 9.52. The van der Waals surface area contributed by atoms with E-state index in [1.54, 1.807) is 11.3 Å². The number of fused-ring (bicyclic) bond motifs is 2. The largest absolute Gasteiger partial charge is 0.444 e. The highest BCUT2D eigenvalue weighted by molar-refractivity contribution is 7.19. The van der Waals surface area contributed by atoms with Crippen molar-refractivity contribution < 1.29 is 19.1 Å². The molecular formula is C34H48ClN3O4SSi. The molecule has 0 bridgehead atoms. The first-order valence-corrected chi connectivity index (χ1v) is 19.7. The number of likely N-dealkylation sites (tertiary alicyclic amines) is 1. The van der Waals surface area contributed by atoms with Crippen molar-refractivity contribution in [3.8, 4) is 11.1 Å². The summed E-state index contributed by atoms with van der Waals surface area (Å²) in [6.07, 6.45) is 4.25. The predicted octanol–water partition coefficient (Wildman–Crippen LogP) is 8.65. The van der Waals surface area contributed by atoms with Gasteiger partial charge in [0, 0.05) is 52.0 Å². The number of halogens is 1. The summed E-state index contributed by atoms with van der Waals surface area (Å²) in [6.45, 7) is 21.1. The van der Waals surface area contributed by atoms with Crippen LogP contribution in [-0.4, -0.2) is 66.3 Å². The van der Waals surface area contributed by atoms with E-state index in [2.05, 4.69) is 68.9 Å². The van der Waals surface area contributed by atoms with Crippen molar-refractivity contribution in [1.82, 2.24) is 9.88 Å². The number of amides is 1. The summed E-state index contributed by atoms with van der Waals surface area (Å²) in [7, 11) is -2.07. The summed E-state index contributed by atoms with van der Waals surface area (Å²) in [5.41, 5.74) is 4.28. The molecule has 0 aliphatic carbocycles. The fraction of sp³-hybridized carbons (Fsp3) is 0.588. The Bertz CT molecular complexity index is 1550. The average molecular weight is 658 g/mol. The minimum absolute atomic E-state index is 0.0155. The van der Waals surface area contributed by atoms with Gasteiger partial charge in [0.2, 0.25) is 0 Å². The van der Waals surface area contributed by atoms with Gasteiger partial charge >= 0.3 is 6.09 Å². The molecule has 1 amide bonds. The van der Waals surface area contributed by atoms with Crippen LogP contribution < -0.4 is 4.90 Å². The van der Waals surface area contributed by atoms with Crippen molar-refractivity contribution in [2.75, 3.05) is 24.6 Å². The van der Waals surface area contributed by atoms with Crippen LogP contribution in [0.15, 0.2) is 30.5 Å². The molecule has 0 unspecified atom stereocenters. The lowest BCUT2D eigenvalue weighted by molar-refractivity contribution is 0.00116. The van der Waals surface area contributed by atoms with Gasteiger partial charge in [-0.05, 0) is 94.9 Å². The van der Waals surface area contributed by atoms with Crippen LogP contribution in [0.3, 0.4) is 0 Å². The molecular weight excluding hydrogens is 610 g/mol. The number of thiophene rings is 1. The molecule has 1 fully saturated rings. The molecule has 2 aromatic heterocycles. The molecule has 0 radical (unpaired) electrons. The number of aryl methyl sites for hydroxylation is 1. The molecule has 3 aromatic rings. The summed E-state index contributed by atoms with van der Waals surface area (Å²) < 4.78 is 13.8. The van der Waals surface area contributed by atoms with Gasteiger partial charge in [-0.1, -0.05) is 32.4 Å². The SMILES string of the molecule is CC(C)(C)OC(=O)N1C[C@H](N2CCCc3cc(Cl)cc(-c4ccnc5cc(CO)sc45)c32)C[C@]1(C)CO[Si](C)(C)C(C)(C)C. The first-order valence-electron chi connectivity index (χ1n) is 15.6. The van der Waals surface area contributed by atoms with E-state index in [1.807, 2.05) is 37.9 Å². The summed E-state index contributed by atoms with van der Waals surface area (Å²) in [4.78, 5) is 23.7. The number of benzene rings is 1. The molecule has 240 valence electrons. The molecule has 7 nitrogen and oxygen atoms in total. The van der Waals surface area contributed by atoms with E-state index in [1.165, 1.54) is 11.3 Å². The minimum Gasteiger partial charge on any atom is -0.444 e. The quantitative estimate of drug-likeness (QED) is 0.268. The average Bonchev–Trinajstić information content (AvgIpc) is 3.51. The predicted molar refractivity (Wildman–Crippen MR) is 185 cm³/mol. The van der Waals surface area contributed by atoms with Gasteiger partial charge < -0.3 is 19.2 Å². The zero-order valence-electron chi connectivity index (χ0n) is 27.7. The van der Waals surface area contributed by atoms with E-state index in [-0.39, 0.29) is 23.8 Å². The second-order valence-electron chi connectivity index (χ2n) is 15.2. The third kappa shape index (κ3) is 6.54. The van der Waals surface area contributed by atoms with E-state index in [9.17, 15) is 9.90 Å². The van der Waals surface area contributed by atoms with E-state index < -0.39 is 19.5 Å². The lowest BCUT2D eigenvalue weighted by Gasteiger charge is -2.42. The van der Waals surface area contributed by atoms with Crippen LogP contribution in [0.1, 0.15) is 71.7 Å². The minimum atomic E-state index is -2.07. The Balaban J connectivity index is 1.56. The fourth-order valence-electron chi connectivity index (χ4n) is 6.21. The number of hydrogen-bond donors (Lipinski definition) is 1. The van der Waals surface area contributed by atoms with E-state index in [4.69, 9.17) is 20.8 Å². The van der Waals surface area contributed by atoms with Gasteiger partial charge in [-0.3, -0.25) is 9.88 Å². The molecule has 1 saturated heterocycles. The van der Waals surface area contributed by atoms with Crippen LogP contribution in [0.5, 0.6) is 0 Å². The van der Waals surface area contributed by atoms with Crippen LogP contribution in [0.25, 0.3) is 21.3 Å². The summed E-state index contributed by atoms with van der Waals surface area (Å²) in [5.74, 6) is 0. The van der Waals surface area contributed by atoms with Gasteiger partial charge in [0.1, 0.15) is 5.60 Å². The number of hydrogen-bond acceptors (Lipinski definition) is 7. The van der Waals surface area contributed by atoms with Crippen molar-refractivity contribution in [3.05, 3.63) is 45.9 Å². The zero-order chi connectivity index (χ0) is 32.2. The molecule has 0 spiro atoms. The van der Waals surface area contributed by atoms with E-state index in [0.29, 0.717) is 18.2 Å². The van der Waals surface area contributed by atoms with Crippen molar-refractivity contribution in [1.29, 1.82) is 0 Å². The molecule has 4 heterocycles. The molecule has 2 aliphatic rings. The second-order valence-corrected chi connectivity index (χ2v) is 21.6. The molecule has 0 saturated carbocycles. The van der Waals surface area contributed by atoms with Crippen LogP contribution in [0, 0.1) is 0 Å². The molecule has 5 rings (SSSR count). The highest BCUT2D eigenvalue weighted by atomic mass is 35.5. The zero-order valence-corrected chi connectivity index (χ0v) is 30.3. The Morgan fingerprint density at radius 2 is 1.91 bits per heavy atom. The van der Waals surface area contributed by atoms with Gasteiger partial charge in [0.05, 0.1) is 29.0 Å². The molecule has 44 heavy (non-hydrogen) atoms. The molecule has 1 N–H and O–H groups in total. The first kappa shape index (κ1) is 33.2. The monoisotopic (exact) mass is 657 g/mol. The Labute approximate surface area is 272 Å². The Hall–Kier alpha value is -2.17. The van der Waals surface area contributed by atoms with Crippen molar-refractivity contribution in [3.63, 3.8) is 0 Å². The summed E-state index contributed by atoms with van der Waals surface area (Å²) in [5, 5.41) is 10.6. The number of aliphatic hydroxyl groups is 1. The second kappa shape index (κ2) is 11.9. The van der Waals surface area contributed by atoms with Gasteiger partial charge in [0.15, 0.2) is 8.32 Å². The molecule has 1 aromatic carbocycles. The number of anilines is 1. The number of carbonyl (C=O) groups is 1. The van der Waals surface area contributed by atoms with Gasteiger partial charge in [-0.2, -0.15) is 0 Å². The van der Waals surface area contributed by atoms with Crippen LogP contribution in [-0.2, 0) is 22.2 Å². The highest BCUT2D eigenvalue weighted by Gasteiger charge is 2.50. The summed E-state index contributed by atoms with van der Waals surface area (Å²) in [6, 6.07) is 8.24. The maximum Gasteiger partial charge on any atom is 0.410 e. The van der Waals surface area contributed by atoms with Crippen molar-refractivity contribution >= 4 is 53.3 Å². The number of pyridine rings is 1. The van der Waals surface area contributed by atoms with E-state index >= 15 is 0 Å². The number of carbonyl (C=O) groups excluding carboxylic acids is 1. The maximum atomic E-state index is 13.8. The number of aliphatic hydroxyl groups excluding tert-OH is 1. The van der Waals surface area contributed by atoms with Crippen molar-refractivity contribution in [2.24, 2.45) is 0 Å². The standard InChI is InChI=1S/C34H48ClN3O4SSi/c1-32(2,3)42-31(40)38-19-24(18-34(38,7)21-41-44(8,9)33(4,5)6)37-14-10-11-22-15-23(35)16-27(29(22)37)26-12-13-36-28-17-25(20-39)43-30(26)28/h12-13,15-17,24,39H,10-11,14,18-21H2,1-9H3/t24-,34-/m1/s1. The lowest BCUT2D eigenvalue weighted by Crippen LogP contribution is -2.53. The van der Waals surface area contributed by atoms with E-state index in [0.717, 1.165) is 52.0 Å². The lowest BCUT2D eigenvalue weighted by atomic mass is 9.91. The molecule has 2 aliphatic heterocycles. The topological polar surface area (TPSA) is 75.1 Å². The van der Waals surface area contributed by atoms with Gasteiger partial charge in [-0.25, -0.2) is 4.79 Å². The Morgan fingerprint density at radius 1 is 1.18 bits per heavy atom. The first-order chi connectivity index (χ1) is 20.4. The smallest absolute Gasteiger partial charge is 0.410 e.